The number of carbonyl (C=O) groups excluding carboxylic acids is 1. The van der Waals surface area contributed by atoms with Gasteiger partial charge in [-0.15, -0.1) is 0 Å². The first-order valence-electron chi connectivity index (χ1n) is 7.01. The lowest BCUT2D eigenvalue weighted by Crippen LogP contribution is -2.57. The first-order chi connectivity index (χ1) is 10.9. The Kier molecular flexibility index (Phi) is 3.97. The van der Waals surface area contributed by atoms with Gasteiger partial charge in [0.25, 0.3) is 0 Å². The molecule has 1 aliphatic rings. The van der Waals surface area contributed by atoms with Gasteiger partial charge in [0, 0.05) is 18.6 Å². The van der Waals surface area contributed by atoms with Crippen molar-refractivity contribution in [2.75, 3.05) is 13.1 Å². The number of alkyl halides is 3. The maximum Gasteiger partial charge on any atom is 0.421 e. The number of likely N-dealkylation sites (tertiary alicyclic amines) is 1. The molecule has 0 atom stereocenters. The van der Waals surface area contributed by atoms with E-state index < -0.39 is 23.7 Å². The second-order valence-electron chi connectivity index (χ2n) is 5.25. The van der Waals surface area contributed by atoms with Gasteiger partial charge in [0.1, 0.15) is 18.2 Å². The van der Waals surface area contributed by atoms with E-state index in [0.717, 1.165) is 6.07 Å². The highest BCUT2D eigenvalue weighted by atomic mass is 19.4. The van der Waals surface area contributed by atoms with Gasteiger partial charge in [-0.1, -0.05) is 0 Å². The molecular formula is C15H14F3N3O2. The molecule has 0 radical (unpaired) electrons. The molecule has 23 heavy (non-hydrogen) atoms. The molecule has 3 heterocycles. The third-order valence-electron chi connectivity index (χ3n) is 3.54. The summed E-state index contributed by atoms with van der Waals surface area (Å²) in [4.78, 5) is 17.2. The molecular weight excluding hydrogens is 311 g/mol. The van der Waals surface area contributed by atoms with E-state index in [1.807, 2.05) is 12.1 Å². The van der Waals surface area contributed by atoms with Gasteiger partial charge in [0.05, 0.1) is 13.1 Å². The van der Waals surface area contributed by atoms with E-state index >= 15 is 0 Å². The minimum Gasteiger partial charge on any atom is -0.470 e. The standard InChI is InChI=1S/C15H14F3N3O2/c16-15(17,18)12-4-3-5-19-14(12)23-11-8-21(9-11)13(22)10-20-6-1-2-7-20/h1-7,11H,8-10H2. The Morgan fingerprint density at radius 1 is 1.26 bits per heavy atom. The van der Waals surface area contributed by atoms with Gasteiger partial charge >= 0.3 is 6.18 Å². The van der Waals surface area contributed by atoms with E-state index in [4.69, 9.17) is 4.74 Å². The lowest BCUT2D eigenvalue weighted by atomic mass is 10.1. The van der Waals surface area contributed by atoms with Crippen molar-refractivity contribution < 1.29 is 22.7 Å². The Morgan fingerprint density at radius 2 is 1.96 bits per heavy atom. The summed E-state index contributed by atoms with van der Waals surface area (Å²) in [5.74, 6) is -0.541. The van der Waals surface area contributed by atoms with Gasteiger partial charge in [-0.05, 0) is 24.3 Å². The minimum atomic E-state index is -4.52. The van der Waals surface area contributed by atoms with E-state index in [0.29, 0.717) is 0 Å². The molecule has 0 bridgehead atoms. The zero-order chi connectivity index (χ0) is 16.4. The van der Waals surface area contributed by atoms with Crippen molar-refractivity contribution in [1.82, 2.24) is 14.5 Å². The average Bonchev–Trinajstić information content (AvgIpc) is 2.94. The van der Waals surface area contributed by atoms with E-state index in [1.165, 1.54) is 12.3 Å². The van der Waals surface area contributed by atoms with Crippen LogP contribution in [0.1, 0.15) is 5.56 Å². The predicted octanol–water partition coefficient (Wildman–Crippen LogP) is 2.19. The molecule has 2 aromatic heterocycles. The van der Waals surface area contributed by atoms with Crippen LogP contribution in [0.4, 0.5) is 13.2 Å². The third-order valence-corrected chi connectivity index (χ3v) is 3.54. The minimum absolute atomic E-state index is 0.0990. The Balaban J connectivity index is 1.56. The number of nitrogens with zero attached hydrogens (tertiary/aromatic N) is 3. The normalized spacial score (nSPS) is 15.3. The topological polar surface area (TPSA) is 47.4 Å². The lowest BCUT2D eigenvalue weighted by molar-refractivity contribution is -0.145. The maximum atomic E-state index is 12.9. The monoisotopic (exact) mass is 325 g/mol. The summed E-state index contributed by atoms with van der Waals surface area (Å²) < 4.78 is 45.6. The number of hydrogen-bond acceptors (Lipinski definition) is 3. The smallest absolute Gasteiger partial charge is 0.421 e. The number of pyridine rings is 1. The molecule has 3 rings (SSSR count). The molecule has 8 heteroatoms. The lowest BCUT2D eigenvalue weighted by Gasteiger charge is -2.39. The van der Waals surface area contributed by atoms with Gasteiger partial charge < -0.3 is 14.2 Å². The summed E-state index contributed by atoms with van der Waals surface area (Å²) in [7, 11) is 0. The maximum absolute atomic E-state index is 12.9. The number of amides is 1. The molecule has 0 N–H and O–H groups in total. The van der Waals surface area contributed by atoms with Gasteiger partial charge in [0.2, 0.25) is 11.8 Å². The van der Waals surface area contributed by atoms with Crippen LogP contribution in [-0.2, 0) is 17.5 Å². The van der Waals surface area contributed by atoms with Crippen LogP contribution in [0.2, 0.25) is 0 Å². The molecule has 1 aliphatic heterocycles. The van der Waals surface area contributed by atoms with Crippen LogP contribution in [0, 0.1) is 0 Å². The molecule has 122 valence electrons. The van der Waals surface area contributed by atoms with Crippen molar-refractivity contribution in [3.05, 3.63) is 48.4 Å². The Hall–Kier alpha value is -2.51. The van der Waals surface area contributed by atoms with Gasteiger partial charge in [0.15, 0.2) is 0 Å². The number of halogens is 3. The van der Waals surface area contributed by atoms with E-state index in [1.54, 1.807) is 21.9 Å². The van der Waals surface area contributed by atoms with Crippen molar-refractivity contribution >= 4 is 5.91 Å². The molecule has 0 spiro atoms. The fraction of sp³-hybridized carbons (Fsp3) is 0.333. The first-order valence-corrected chi connectivity index (χ1v) is 7.01. The Labute approximate surface area is 130 Å². The molecule has 1 amide bonds. The number of aromatic nitrogens is 2. The highest BCUT2D eigenvalue weighted by molar-refractivity contribution is 5.77. The second-order valence-corrected chi connectivity index (χ2v) is 5.25. The second kappa shape index (κ2) is 5.94. The van der Waals surface area contributed by atoms with Crippen molar-refractivity contribution in [2.45, 2.75) is 18.8 Å². The molecule has 0 aliphatic carbocycles. The molecule has 2 aromatic rings. The quantitative estimate of drug-likeness (QED) is 0.866. The molecule has 0 saturated carbocycles. The van der Waals surface area contributed by atoms with Crippen LogP contribution in [0.3, 0.4) is 0 Å². The molecule has 0 unspecified atom stereocenters. The highest BCUT2D eigenvalue weighted by Crippen LogP contribution is 2.35. The zero-order valence-electron chi connectivity index (χ0n) is 12.0. The fourth-order valence-electron chi connectivity index (χ4n) is 2.31. The molecule has 0 aromatic carbocycles. The number of carbonyl (C=O) groups is 1. The largest absolute Gasteiger partial charge is 0.470 e. The van der Waals surface area contributed by atoms with Crippen LogP contribution in [-0.4, -0.2) is 39.6 Å². The van der Waals surface area contributed by atoms with Gasteiger partial charge in [-0.25, -0.2) is 4.98 Å². The van der Waals surface area contributed by atoms with E-state index in [-0.39, 0.29) is 25.5 Å². The van der Waals surface area contributed by atoms with Crippen LogP contribution in [0.15, 0.2) is 42.9 Å². The van der Waals surface area contributed by atoms with Crippen molar-refractivity contribution in [3.8, 4) is 5.88 Å². The summed E-state index contributed by atoms with van der Waals surface area (Å²) in [6.45, 7) is 0.721. The van der Waals surface area contributed by atoms with E-state index in [9.17, 15) is 18.0 Å². The summed E-state index contributed by atoms with van der Waals surface area (Å²) in [5, 5.41) is 0. The summed E-state index contributed by atoms with van der Waals surface area (Å²) in [6, 6.07) is 5.77. The van der Waals surface area contributed by atoms with Gasteiger partial charge in [-0.2, -0.15) is 13.2 Å². The number of rotatable bonds is 4. The Bertz CT molecular complexity index is 680. The predicted molar refractivity (Wildman–Crippen MR) is 74.7 cm³/mol. The fourth-order valence-corrected chi connectivity index (χ4v) is 2.31. The number of hydrogen-bond donors (Lipinski definition) is 0. The molecule has 1 saturated heterocycles. The Morgan fingerprint density at radius 3 is 2.61 bits per heavy atom. The number of ether oxygens (including phenoxy) is 1. The zero-order valence-corrected chi connectivity index (χ0v) is 12.0. The van der Waals surface area contributed by atoms with Crippen molar-refractivity contribution in [1.29, 1.82) is 0 Å². The van der Waals surface area contributed by atoms with Gasteiger partial charge in [-0.3, -0.25) is 4.79 Å². The molecule has 5 nitrogen and oxygen atoms in total. The van der Waals surface area contributed by atoms with Crippen LogP contribution in [0.5, 0.6) is 5.88 Å². The highest BCUT2D eigenvalue weighted by Gasteiger charge is 2.38. The van der Waals surface area contributed by atoms with Crippen molar-refractivity contribution in [2.24, 2.45) is 0 Å². The first kappa shape index (κ1) is 15.4. The average molecular weight is 325 g/mol. The molecule has 1 fully saturated rings. The van der Waals surface area contributed by atoms with Crippen LogP contribution in [0.25, 0.3) is 0 Å². The summed E-state index contributed by atoms with van der Waals surface area (Å²) in [6.07, 6.45) is -0.195. The summed E-state index contributed by atoms with van der Waals surface area (Å²) >= 11 is 0. The third kappa shape index (κ3) is 3.46. The summed E-state index contributed by atoms with van der Waals surface area (Å²) in [5.41, 5.74) is -0.905. The SMILES string of the molecule is O=C(Cn1cccc1)N1CC(Oc2ncccc2C(F)(F)F)C1. The van der Waals surface area contributed by atoms with E-state index in [2.05, 4.69) is 4.98 Å². The van der Waals surface area contributed by atoms with Crippen LogP contribution >= 0.6 is 0 Å². The van der Waals surface area contributed by atoms with Crippen LogP contribution < -0.4 is 4.74 Å². The van der Waals surface area contributed by atoms with Crippen molar-refractivity contribution in [3.63, 3.8) is 0 Å².